The zero-order valence-corrected chi connectivity index (χ0v) is 15.3. The molecule has 0 fully saturated rings. The minimum Gasteiger partial charge on any atom is -0.494 e. The van der Waals surface area contributed by atoms with Crippen molar-refractivity contribution in [1.82, 2.24) is 15.1 Å². The Morgan fingerprint density at radius 2 is 1.89 bits per heavy atom. The molecule has 1 amide bonds. The van der Waals surface area contributed by atoms with Gasteiger partial charge in [0.2, 0.25) is 0 Å². The molecule has 0 unspecified atom stereocenters. The molecule has 1 heterocycles. The van der Waals surface area contributed by atoms with Gasteiger partial charge in [0.25, 0.3) is 11.5 Å². The molecule has 0 aliphatic rings. The number of para-hydroxylation sites is 1. The monoisotopic (exact) mass is 363 g/mol. The third-order valence-electron chi connectivity index (χ3n) is 4.05. The third kappa shape index (κ3) is 4.41. The van der Waals surface area contributed by atoms with Gasteiger partial charge in [-0.3, -0.25) is 9.59 Å². The van der Waals surface area contributed by atoms with E-state index in [2.05, 4.69) is 10.4 Å². The number of ether oxygens (including phenoxy) is 1. The van der Waals surface area contributed by atoms with Crippen LogP contribution < -0.4 is 15.6 Å². The van der Waals surface area contributed by atoms with Crippen molar-refractivity contribution in [2.24, 2.45) is 0 Å². The molecule has 2 aromatic carbocycles. The van der Waals surface area contributed by atoms with Crippen LogP contribution in [0.2, 0.25) is 0 Å². The van der Waals surface area contributed by atoms with Crippen LogP contribution in [0, 0.1) is 0 Å². The van der Waals surface area contributed by atoms with Crippen molar-refractivity contribution >= 4 is 5.91 Å². The Balaban J connectivity index is 1.80. The summed E-state index contributed by atoms with van der Waals surface area (Å²) in [6, 6.07) is 19.1. The highest BCUT2D eigenvalue weighted by molar-refractivity contribution is 5.92. The maximum Gasteiger partial charge on any atom is 0.272 e. The van der Waals surface area contributed by atoms with Crippen molar-refractivity contribution in [1.29, 1.82) is 0 Å². The SMILES string of the molecule is CCOc1cccc([C@@H](C)NC(=O)c2ccc(=O)n(-c3ccccc3)n2)c1. The van der Waals surface area contributed by atoms with Crippen molar-refractivity contribution in [3.8, 4) is 11.4 Å². The number of hydrogen-bond donors (Lipinski definition) is 1. The van der Waals surface area contributed by atoms with Gasteiger partial charge in [0, 0.05) is 6.07 Å². The van der Waals surface area contributed by atoms with Gasteiger partial charge < -0.3 is 10.1 Å². The fraction of sp³-hybridized carbons (Fsp3) is 0.190. The highest BCUT2D eigenvalue weighted by Crippen LogP contribution is 2.19. The Kier molecular flexibility index (Phi) is 5.66. The lowest BCUT2D eigenvalue weighted by Gasteiger charge is -2.15. The number of hydrogen-bond acceptors (Lipinski definition) is 4. The lowest BCUT2D eigenvalue weighted by atomic mass is 10.1. The normalized spacial score (nSPS) is 11.6. The van der Waals surface area contributed by atoms with Crippen molar-refractivity contribution in [3.05, 3.63) is 88.3 Å². The Morgan fingerprint density at radius 1 is 1.11 bits per heavy atom. The van der Waals surface area contributed by atoms with Crippen LogP contribution in [0.5, 0.6) is 5.75 Å². The Labute approximate surface area is 157 Å². The molecule has 0 aliphatic carbocycles. The standard InChI is InChI=1S/C21H21N3O3/c1-3-27-18-11-7-8-16(14-18)15(2)22-21(26)19-12-13-20(25)24(23-19)17-9-5-4-6-10-17/h4-15H,3H2,1-2H3,(H,22,26)/t15-/m1/s1. The van der Waals surface area contributed by atoms with E-state index in [1.807, 2.05) is 56.3 Å². The predicted octanol–water partition coefficient (Wildman–Crippen LogP) is 3.12. The first kappa shape index (κ1) is 18.4. The van der Waals surface area contributed by atoms with Gasteiger partial charge in [0.05, 0.1) is 18.3 Å². The van der Waals surface area contributed by atoms with Crippen LogP contribution >= 0.6 is 0 Å². The van der Waals surface area contributed by atoms with Gasteiger partial charge in [0.15, 0.2) is 0 Å². The van der Waals surface area contributed by atoms with Crippen molar-refractivity contribution in [2.45, 2.75) is 19.9 Å². The molecule has 6 heteroatoms. The van der Waals surface area contributed by atoms with Gasteiger partial charge >= 0.3 is 0 Å². The zero-order chi connectivity index (χ0) is 19.2. The summed E-state index contributed by atoms with van der Waals surface area (Å²) >= 11 is 0. The van der Waals surface area contributed by atoms with Gasteiger partial charge in [-0.2, -0.15) is 9.78 Å². The molecule has 27 heavy (non-hydrogen) atoms. The lowest BCUT2D eigenvalue weighted by Crippen LogP contribution is -2.30. The molecule has 0 spiro atoms. The molecular weight excluding hydrogens is 342 g/mol. The molecule has 0 aliphatic heterocycles. The van der Waals surface area contributed by atoms with Crippen LogP contribution in [0.1, 0.15) is 35.9 Å². The first-order valence-corrected chi connectivity index (χ1v) is 8.78. The molecule has 0 bridgehead atoms. The number of carbonyl (C=O) groups is 1. The number of rotatable bonds is 6. The van der Waals surface area contributed by atoms with Gasteiger partial charge in [-0.1, -0.05) is 30.3 Å². The highest BCUT2D eigenvalue weighted by Gasteiger charge is 2.15. The average Bonchev–Trinajstić information content (AvgIpc) is 2.69. The summed E-state index contributed by atoms with van der Waals surface area (Å²) < 4.78 is 6.72. The van der Waals surface area contributed by atoms with Crippen LogP contribution in [-0.2, 0) is 0 Å². The fourth-order valence-corrected chi connectivity index (χ4v) is 2.68. The second-order valence-electron chi connectivity index (χ2n) is 6.00. The Morgan fingerprint density at radius 3 is 2.63 bits per heavy atom. The summed E-state index contributed by atoms with van der Waals surface area (Å²) in [5.74, 6) is 0.404. The average molecular weight is 363 g/mol. The second kappa shape index (κ2) is 8.31. The zero-order valence-electron chi connectivity index (χ0n) is 15.3. The van der Waals surface area contributed by atoms with E-state index in [1.165, 1.54) is 16.8 Å². The maximum absolute atomic E-state index is 12.6. The highest BCUT2D eigenvalue weighted by atomic mass is 16.5. The van der Waals surface area contributed by atoms with Crippen LogP contribution in [0.25, 0.3) is 5.69 Å². The molecular formula is C21H21N3O3. The van der Waals surface area contributed by atoms with Crippen molar-refractivity contribution in [3.63, 3.8) is 0 Å². The Bertz CT molecular complexity index is 983. The maximum atomic E-state index is 12.6. The van der Waals surface area contributed by atoms with Gasteiger partial charge in [-0.05, 0) is 49.7 Å². The summed E-state index contributed by atoms with van der Waals surface area (Å²) in [7, 11) is 0. The molecule has 0 saturated carbocycles. The number of carbonyl (C=O) groups excluding carboxylic acids is 1. The topological polar surface area (TPSA) is 73.2 Å². The second-order valence-corrected chi connectivity index (χ2v) is 6.00. The molecule has 0 radical (unpaired) electrons. The quantitative estimate of drug-likeness (QED) is 0.730. The third-order valence-corrected chi connectivity index (χ3v) is 4.05. The molecule has 1 atom stereocenters. The van der Waals surface area contributed by atoms with E-state index in [9.17, 15) is 9.59 Å². The lowest BCUT2D eigenvalue weighted by molar-refractivity contribution is 0.0933. The van der Waals surface area contributed by atoms with Crippen LogP contribution in [0.4, 0.5) is 0 Å². The smallest absolute Gasteiger partial charge is 0.272 e. The van der Waals surface area contributed by atoms with Gasteiger partial charge in [-0.25, -0.2) is 0 Å². The minimum atomic E-state index is -0.353. The largest absolute Gasteiger partial charge is 0.494 e. The summed E-state index contributed by atoms with van der Waals surface area (Å²) in [4.78, 5) is 24.7. The molecule has 0 saturated heterocycles. The molecule has 1 N–H and O–H groups in total. The fourth-order valence-electron chi connectivity index (χ4n) is 2.68. The number of aromatic nitrogens is 2. The number of amides is 1. The summed E-state index contributed by atoms with van der Waals surface area (Å²) in [5.41, 5.74) is 1.40. The first-order valence-electron chi connectivity index (χ1n) is 8.78. The summed E-state index contributed by atoms with van der Waals surface area (Å²) in [6.45, 7) is 4.39. The molecule has 138 valence electrons. The van der Waals surface area contributed by atoms with E-state index < -0.39 is 0 Å². The van der Waals surface area contributed by atoms with E-state index in [4.69, 9.17) is 4.74 Å². The van der Waals surface area contributed by atoms with E-state index in [-0.39, 0.29) is 23.2 Å². The van der Waals surface area contributed by atoms with Gasteiger partial charge in [0.1, 0.15) is 11.4 Å². The van der Waals surface area contributed by atoms with Gasteiger partial charge in [-0.15, -0.1) is 0 Å². The van der Waals surface area contributed by atoms with Crippen LogP contribution in [0.15, 0.2) is 71.5 Å². The van der Waals surface area contributed by atoms with E-state index in [1.54, 1.807) is 12.1 Å². The summed E-state index contributed by atoms with van der Waals surface area (Å²) in [5, 5.41) is 7.11. The number of nitrogens with zero attached hydrogens (tertiary/aromatic N) is 2. The first-order chi connectivity index (χ1) is 13.1. The minimum absolute atomic E-state index is 0.172. The summed E-state index contributed by atoms with van der Waals surface area (Å²) in [6.07, 6.45) is 0. The molecule has 1 aromatic heterocycles. The Hall–Kier alpha value is -3.41. The number of nitrogens with one attached hydrogen (secondary N) is 1. The predicted molar refractivity (Wildman–Crippen MR) is 103 cm³/mol. The van der Waals surface area contributed by atoms with E-state index in [0.29, 0.717) is 12.3 Å². The van der Waals surface area contributed by atoms with Crippen LogP contribution in [0.3, 0.4) is 0 Å². The number of benzene rings is 2. The van der Waals surface area contributed by atoms with E-state index in [0.717, 1.165) is 11.3 Å². The van der Waals surface area contributed by atoms with Crippen molar-refractivity contribution < 1.29 is 9.53 Å². The molecule has 3 aromatic rings. The molecule has 3 rings (SSSR count). The van der Waals surface area contributed by atoms with E-state index >= 15 is 0 Å². The van der Waals surface area contributed by atoms with Crippen molar-refractivity contribution in [2.75, 3.05) is 6.61 Å². The van der Waals surface area contributed by atoms with Crippen LogP contribution in [-0.4, -0.2) is 22.3 Å². The molecule has 6 nitrogen and oxygen atoms in total.